The van der Waals surface area contributed by atoms with E-state index < -0.39 is 0 Å². The van der Waals surface area contributed by atoms with Crippen molar-refractivity contribution in [2.45, 2.75) is 20.1 Å². The van der Waals surface area contributed by atoms with E-state index in [0.29, 0.717) is 0 Å². The molecule has 0 saturated carbocycles. The first-order valence-electron chi connectivity index (χ1n) is 4.50. The smallest absolute Gasteiger partial charge is 0.149 e. The molecule has 0 spiro atoms. The number of aryl methyl sites for hydroxylation is 1. The van der Waals surface area contributed by atoms with E-state index in [1.165, 1.54) is 5.56 Å². The van der Waals surface area contributed by atoms with E-state index in [2.05, 4.69) is 13.0 Å². The van der Waals surface area contributed by atoms with Crippen molar-refractivity contribution in [3.63, 3.8) is 0 Å². The van der Waals surface area contributed by atoms with Gasteiger partial charge in [-0.05, 0) is 39.6 Å². The Morgan fingerprint density at radius 2 is 1.85 bits per heavy atom. The fourth-order valence-electron chi connectivity index (χ4n) is 0.978. The summed E-state index contributed by atoms with van der Waals surface area (Å²) in [5, 5.41) is 0. The summed E-state index contributed by atoms with van der Waals surface area (Å²) < 4.78 is 5.73. The summed E-state index contributed by atoms with van der Waals surface area (Å²) in [6.45, 7) is 4.09. The Morgan fingerprint density at radius 3 is 2.38 bits per heavy atom. The highest BCUT2D eigenvalue weighted by Gasteiger charge is 2.06. The zero-order valence-corrected chi connectivity index (χ0v) is 8.74. The van der Waals surface area contributed by atoms with E-state index in [1.54, 1.807) is 0 Å². The third kappa shape index (κ3) is 2.74. The van der Waals surface area contributed by atoms with Crippen LogP contribution in [0.2, 0.25) is 0 Å². The zero-order chi connectivity index (χ0) is 9.84. The summed E-state index contributed by atoms with van der Waals surface area (Å²) in [5.41, 5.74) is 1.18. The van der Waals surface area contributed by atoms with E-state index in [-0.39, 0.29) is 6.23 Å². The predicted molar refractivity (Wildman–Crippen MR) is 55.0 cm³/mol. The lowest BCUT2D eigenvalue weighted by atomic mass is 10.2. The fourth-order valence-corrected chi connectivity index (χ4v) is 0.978. The average molecular weight is 179 g/mol. The molecule has 0 heterocycles. The lowest BCUT2D eigenvalue weighted by molar-refractivity contribution is 0.0808. The van der Waals surface area contributed by atoms with Gasteiger partial charge in [-0.3, -0.25) is 4.90 Å². The second-order valence-corrected chi connectivity index (χ2v) is 3.45. The van der Waals surface area contributed by atoms with Gasteiger partial charge in [0.05, 0.1) is 0 Å². The maximum Gasteiger partial charge on any atom is 0.149 e. The molecule has 1 aromatic carbocycles. The lowest BCUT2D eigenvalue weighted by Gasteiger charge is -2.22. The maximum absolute atomic E-state index is 5.73. The van der Waals surface area contributed by atoms with Crippen LogP contribution < -0.4 is 4.74 Å². The SMILES string of the molecule is Cc1ccccc1OC(C)N(C)C. The molecular formula is C11H17NO. The first kappa shape index (κ1) is 10.1. The molecule has 72 valence electrons. The van der Waals surface area contributed by atoms with Crippen molar-refractivity contribution in [1.29, 1.82) is 0 Å². The molecule has 0 saturated heterocycles. The van der Waals surface area contributed by atoms with Gasteiger partial charge in [-0.25, -0.2) is 0 Å². The van der Waals surface area contributed by atoms with Crippen molar-refractivity contribution in [3.05, 3.63) is 29.8 Å². The third-order valence-electron chi connectivity index (χ3n) is 2.12. The molecule has 0 radical (unpaired) electrons. The molecule has 1 rings (SSSR count). The second kappa shape index (κ2) is 4.28. The Morgan fingerprint density at radius 1 is 1.23 bits per heavy atom. The number of hydrogen-bond acceptors (Lipinski definition) is 2. The minimum Gasteiger partial charge on any atom is -0.475 e. The van der Waals surface area contributed by atoms with Crippen molar-refractivity contribution in [2.75, 3.05) is 14.1 Å². The molecule has 0 aliphatic rings. The van der Waals surface area contributed by atoms with Gasteiger partial charge >= 0.3 is 0 Å². The Kier molecular flexibility index (Phi) is 3.32. The molecular weight excluding hydrogens is 162 g/mol. The maximum atomic E-state index is 5.73. The number of benzene rings is 1. The number of hydrogen-bond donors (Lipinski definition) is 0. The lowest BCUT2D eigenvalue weighted by Crippen LogP contribution is -2.30. The molecule has 2 heteroatoms. The van der Waals surface area contributed by atoms with Crippen LogP contribution in [0.15, 0.2) is 24.3 Å². The molecule has 0 N–H and O–H groups in total. The first-order chi connectivity index (χ1) is 6.11. The van der Waals surface area contributed by atoms with Gasteiger partial charge in [-0.15, -0.1) is 0 Å². The van der Waals surface area contributed by atoms with Gasteiger partial charge in [0.15, 0.2) is 0 Å². The summed E-state index contributed by atoms with van der Waals surface area (Å²) >= 11 is 0. The first-order valence-corrected chi connectivity index (χ1v) is 4.50. The quantitative estimate of drug-likeness (QED) is 0.660. The molecule has 0 amide bonds. The Balaban J connectivity index is 2.69. The van der Waals surface area contributed by atoms with Crippen LogP contribution in [0, 0.1) is 6.92 Å². The van der Waals surface area contributed by atoms with Gasteiger partial charge in [-0.1, -0.05) is 18.2 Å². The van der Waals surface area contributed by atoms with Crippen LogP contribution in [-0.4, -0.2) is 25.2 Å². The Bertz CT molecular complexity index is 271. The van der Waals surface area contributed by atoms with E-state index in [0.717, 1.165) is 5.75 Å². The monoisotopic (exact) mass is 179 g/mol. The minimum absolute atomic E-state index is 0.112. The Labute approximate surface area is 80.1 Å². The molecule has 0 aromatic heterocycles. The van der Waals surface area contributed by atoms with E-state index >= 15 is 0 Å². The topological polar surface area (TPSA) is 12.5 Å². The van der Waals surface area contributed by atoms with Crippen LogP contribution in [0.25, 0.3) is 0 Å². The highest BCUT2D eigenvalue weighted by Crippen LogP contribution is 2.17. The third-order valence-corrected chi connectivity index (χ3v) is 2.12. The van der Waals surface area contributed by atoms with Crippen molar-refractivity contribution < 1.29 is 4.74 Å². The van der Waals surface area contributed by atoms with Crippen LogP contribution in [0.4, 0.5) is 0 Å². The van der Waals surface area contributed by atoms with E-state index in [9.17, 15) is 0 Å². The molecule has 13 heavy (non-hydrogen) atoms. The van der Waals surface area contributed by atoms with Crippen LogP contribution in [0.3, 0.4) is 0 Å². The number of ether oxygens (including phenoxy) is 1. The van der Waals surface area contributed by atoms with Crippen molar-refractivity contribution in [2.24, 2.45) is 0 Å². The number of nitrogens with zero attached hydrogens (tertiary/aromatic N) is 1. The van der Waals surface area contributed by atoms with Crippen LogP contribution >= 0.6 is 0 Å². The van der Waals surface area contributed by atoms with Crippen LogP contribution in [-0.2, 0) is 0 Å². The highest BCUT2D eigenvalue weighted by molar-refractivity contribution is 5.31. The van der Waals surface area contributed by atoms with Crippen molar-refractivity contribution >= 4 is 0 Å². The fraction of sp³-hybridized carbons (Fsp3) is 0.455. The van der Waals surface area contributed by atoms with Gasteiger partial charge in [0.25, 0.3) is 0 Å². The highest BCUT2D eigenvalue weighted by atomic mass is 16.5. The molecule has 1 unspecified atom stereocenters. The normalized spacial score (nSPS) is 13.0. The second-order valence-electron chi connectivity index (χ2n) is 3.45. The van der Waals surface area contributed by atoms with Crippen LogP contribution in [0.1, 0.15) is 12.5 Å². The number of para-hydroxylation sites is 1. The van der Waals surface area contributed by atoms with Gasteiger partial charge in [0, 0.05) is 0 Å². The van der Waals surface area contributed by atoms with Crippen molar-refractivity contribution in [3.8, 4) is 5.75 Å². The Hall–Kier alpha value is -1.02. The largest absolute Gasteiger partial charge is 0.475 e. The average Bonchev–Trinajstić information content (AvgIpc) is 2.08. The molecule has 0 aliphatic carbocycles. The van der Waals surface area contributed by atoms with Gasteiger partial charge < -0.3 is 4.74 Å². The molecule has 2 nitrogen and oxygen atoms in total. The summed E-state index contributed by atoms with van der Waals surface area (Å²) in [4.78, 5) is 2.03. The molecule has 1 atom stereocenters. The number of rotatable bonds is 3. The predicted octanol–water partition coefficient (Wildman–Crippen LogP) is 2.28. The van der Waals surface area contributed by atoms with Crippen molar-refractivity contribution in [1.82, 2.24) is 4.90 Å². The summed E-state index contributed by atoms with van der Waals surface area (Å²) in [7, 11) is 4.01. The molecule has 0 fully saturated rings. The van der Waals surface area contributed by atoms with E-state index in [1.807, 2.05) is 44.1 Å². The molecule has 1 aromatic rings. The van der Waals surface area contributed by atoms with Gasteiger partial charge in [0.2, 0.25) is 0 Å². The van der Waals surface area contributed by atoms with E-state index in [4.69, 9.17) is 4.74 Å². The standard InChI is InChI=1S/C11H17NO/c1-9-7-5-6-8-11(9)13-10(2)12(3)4/h5-8,10H,1-4H3. The molecule has 0 bridgehead atoms. The van der Waals surface area contributed by atoms with Gasteiger partial charge in [-0.2, -0.15) is 0 Å². The summed E-state index contributed by atoms with van der Waals surface area (Å²) in [5.74, 6) is 0.962. The minimum atomic E-state index is 0.112. The zero-order valence-electron chi connectivity index (χ0n) is 8.74. The molecule has 0 aliphatic heterocycles. The summed E-state index contributed by atoms with van der Waals surface area (Å²) in [6, 6.07) is 8.06. The van der Waals surface area contributed by atoms with Crippen LogP contribution in [0.5, 0.6) is 5.75 Å². The van der Waals surface area contributed by atoms with Gasteiger partial charge in [0.1, 0.15) is 12.0 Å². The summed E-state index contributed by atoms with van der Waals surface area (Å²) in [6.07, 6.45) is 0.112.